The molecule has 0 aromatic heterocycles. The summed E-state index contributed by atoms with van der Waals surface area (Å²) in [6, 6.07) is 28.5. The van der Waals surface area contributed by atoms with Crippen molar-refractivity contribution in [3.05, 3.63) is 95.1 Å². The Hall–Kier alpha value is -2.34. The Bertz CT molecular complexity index is 1120. The summed E-state index contributed by atoms with van der Waals surface area (Å²) in [4.78, 5) is 0. The van der Waals surface area contributed by atoms with Gasteiger partial charge in [-0.05, 0) is 121 Å². The summed E-state index contributed by atoms with van der Waals surface area (Å²) in [6.45, 7) is 4.64. The van der Waals surface area contributed by atoms with Crippen LogP contribution in [0, 0.1) is 11.8 Å². The highest BCUT2D eigenvalue weighted by molar-refractivity contribution is 5.64. The van der Waals surface area contributed by atoms with E-state index < -0.39 is 0 Å². The predicted octanol–water partition coefficient (Wildman–Crippen LogP) is 12.5. The highest BCUT2D eigenvalue weighted by Gasteiger charge is 2.23. The molecule has 0 nitrogen and oxygen atoms in total. The van der Waals surface area contributed by atoms with Crippen molar-refractivity contribution in [3.8, 4) is 11.1 Å². The number of unbranched alkanes of at least 4 members (excludes halogenated alkanes) is 3. The quantitative estimate of drug-likeness (QED) is 0.186. The molecule has 0 aliphatic heterocycles. The zero-order valence-corrected chi connectivity index (χ0v) is 26.3. The highest BCUT2D eigenvalue weighted by Crippen LogP contribution is 2.39. The lowest BCUT2D eigenvalue weighted by atomic mass is 9.77. The number of hydrogen-bond acceptors (Lipinski definition) is 0. The molecule has 3 aromatic rings. The molecule has 0 bridgehead atoms. The van der Waals surface area contributed by atoms with Crippen LogP contribution in [0.2, 0.25) is 0 Å². The molecule has 2 saturated carbocycles. The van der Waals surface area contributed by atoms with Crippen LogP contribution in [0.3, 0.4) is 0 Å². The SMILES string of the molecule is CCCCCC1CCC(c2ccc(CCc3ccc(-c4ccc(C5CCC(CCCC)CC5)cc4)cc3)cc2)CC1. The van der Waals surface area contributed by atoms with Gasteiger partial charge < -0.3 is 0 Å². The van der Waals surface area contributed by atoms with Crippen molar-refractivity contribution >= 4 is 0 Å². The van der Waals surface area contributed by atoms with Crippen molar-refractivity contribution in [2.24, 2.45) is 11.8 Å². The van der Waals surface area contributed by atoms with Crippen LogP contribution in [0.15, 0.2) is 72.8 Å². The first-order valence-electron chi connectivity index (χ1n) is 17.5. The molecule has 0 spiro atoms. The maximum atomic E-state index is 2.43. The van der Waals surface area contributed by atoms with Gasteiger partial charge in [0.25, 0.3) is 0 Å². The molecule has 5 rings (SSSR count). The van der Waals surface area contributed by atoms with Crippen LogP contribution in [0.5, 0.6) is 0 Å². The van der Waals surface area contributed by atoms with E-state index >= 15 is 0 Å². The predicted molar refractivity (Wildman–Crippen MR) is 179 cm³/mol. The topological polar surface area (TPSA) is 0 Å². The van der Waals surface area contributed by atoms with Gasteiger partial charge in [-0.1, -0.05) is 132 Å². The summed E-state index contributed by atoms with van der Waals surface area (Å²) in [5.41, 5.74) is 8.74. The average molecular weight is 549 g/mol. The molecule has 0 heterocycles. The van der Waals surface area contributed by atoms with Gasteiger partial charge in [0.2, 0.25) is 0 Å². The monoisotopic (exact) mass is 548 g/mol. The summed E-state index contributed by atoms with van der Waals surface area (Å²) in [6.07, 6.45) is 23.4. The van der Waals surface area contributed by atoms with Gasteiger partial charge in [0.1, 0.15) is 0 Å². The van der Waals surface area contributed by atoms with Gasteiger partial charge in [0.15, 0.2) is 0 Å². The largest absolute Gasteiger partial charge is 0.0654 e. The van der Waals surface area contributed by atoms with Crippen LogP contribution >= 0.6 is 0 Å². The van der Waals surface area contributed by atoms with E-state index in [2.05, 4.69) is 86.6 Å². The van der Waals surface area contributed by atoms with Crippen molar-refractivity contribution in [2.75, 3.05) is 0 Å². The molecule has 2 aliphatic carbocycles. The van der Waals surface area contributed by atoms with Gasteiger partial charge in [-0.3, -0.25) is 0 Å². The minimum Gasteiger partial charge on any atom is -0.0654 e. The summed E-state index contributed by atoms with van der Waals surface area (Å²) < 4.78 is 0. The molecule has 0 N–H and O–H groups in total. The van der Waals surface area contributed by atoms with Crippen molar-refractivity contribution in [1.29, 1.82) is 0 Å². The third-order valence-corrected chi connectivity index (χ3v) is 10.7. The molecule has 41 heavy (non-hydrogen) atoms. The first-order chi connectivity index (χ1) is 20.2. The molecule has 3 aromatic carbocycles. The fourth-order valence-electron chi connectivity index (χ4n) is 7.80. The second-order valence-electron chi connectivity index (χ2n) is 13.6. The lowest BCUT2D eigenvalue weighted by Gasteiger charge is -2.29. The van der Waals surface area contributed by atoms with Crippen molar-refractivity contribution in [1.82, 2.24) is 0 Å². The zero-order chi connectivity index (χ0) is 28.3. The molecular formula is C41H56. The lowest BCUT2D eigenvalue weighted by molar-refractivity contribution is 0.303. The van der Waals surface area contributed by atoms with Crippen LogP contribution in [0.4, 0.5) is 0 Å². The molecule has 0 saturated heterocycles. The summed E-state index contributed by atoms with van der Waals surface area (Å²) in [7, 11) is 0. The second kappa shape index (κ2) is 15.8. The fourth-order valence-corrected chi connectivity index (χ4v) is 7.80. The molecule has 2 aliphatic rings. The lowest BCUT2D eigenvalue weighted by Crippen LogP contribution is -2.13. The molecule has 0 heteroatoms. The fraction of sp³-hybridized carbons (Fsp3) is 0.561. The number of rotatable bonds is 13. The average Bonchev–Trinajstić information content (AvgIpc) is 3.04. The highest BCUT2D eigenvalue weighted by atomic mass is 14.3. The third-order valence-electron chi connectivity index (χ3n) is 10.7. The maximum absolute atomic E-state index is 2.43. The molecule has 0 amide bonds. The second-order valence-corrected chi connectivity index (χ2v) is 13.6. The van der Waals surface area contributed by atoms with E-state index in [4.69, 9.17) is 0 Å². The Kier molecular flexibility index (Phi) is 11.6. The van der Waals surface area contributed by atoms with E-state index in [0.29, 0.717) is 0 Å². The van der Waals surface area contributed by atoms with Crippen LogP contribution in [-0.2, 0) is 12.8 Å². The first-order valence-corrected chi connectivity index (χ1v) is 17.5. The minimum absolute atomic E-state index is 0.772. The van der Waals surface area contributed by atoms with E-state index in [9.17, 15) is 0 Å². The Morgan fingerprint density at radius 3 is 1.29 bits per heavy atom. The molecule has 2 fully saturated rings. The van der Waals surface area contributed by atoms with Crippen LogP contribution < -0.4 is 0 Å². The van der Waals surface area contributed by atoms with Crippen LogP contribution in [-0.4, -0.2) is 0 Å². The Labute approximate surface area is 252 Å². The number of aryl methyl sites for hydroxylation is 2. The summed E-state index contributed by atoms with van der Waals surface area (Å²) in [5.74, 6) is 3.54. The van der Waals surface area contributed by atoms with Gasteiger partial charge in [-0.25, -0.2) is 0 Å². The standard InChI is InChI=1S/C41H56/c1-3-5-7-9-33-14-22-36(23-15-33)37-24-16-34(17-25-37)10-11-35-18-26-39(27-19-35)41-30-28-40(29-31-41)38-20-12-32(13-21-38)8-6-4-2/h16-19,24-33,36,38H,3-15,20-23H2,1-2H3. The number of hydrogen-bond donors (Lipinski definition) is 0. The van der Waals surface area contributed by atoms with Crippen molar-refractivity contribution in [3.63, 3.8) is 0 Å². The molecule has 0 atom stereocenters. The van der Waals surface area contributed by atoms with E-state index in [-0.39, 0.29) is 0 Å². The van der Waals surface area contributed by atoms with Crippen molar-refractivity contribution < 1.29 is 0 Å². The van der Waals surface area contributed by atoms with E-state index in [1.165, 1.54) is 119 Å². The Balaban J connectivity index is 1.06. The van der Waals surface area contributed by atoms with E-state index in [1.807, 2.05) is 0 Å². The Morgan fingerprint density at radius 2 is 0.829 bits per heavy atom. The van der Waals surface area contributed by atoms with Gasteiger partial charge in [-0.15, -0.1) is 0 Å². The smallest absolute Gasteiger partial charge is 0.0162 e. The van der Waals surface area contributed by atoms with Crippen LogP contribution in [0.25, 0.3) is 11.1 Å². The third kappa shape index (κ3) is 8.83. The normalized spacial score (nSPS) is 23.0. The first kappa shape index (κ1) is 30.1. The van der Waals surface area contributed by atoms with Gasteiger partial charge in [-0.2, -0.15) is 0 Å². The zero-order valence-electron chi connectivity index (χ0n) is 26.3. The maximum Gasteiger partial charge on any atom is -0.0162 e. The minimum atomic E-state index is 0.772. The number of benzene rings is 3. The summed E-state index contributed by atoms with van der Waals surface area (Å²) >= 11 is 0. The summed E-state index contributed by atoms with van der Waals surface area (Å²) in [5, 5.41) is 0. The van der Waals surface area contributed by atoms with Gasteiger partial charge >= 0.3 is 0 Å². The molecular weight excluding hydrogens is 492 g/mol. The van der Waals surface area contributed by atoms with Crippen molar-refractivity contribution in [2.45, 2.75) is 135 Å². The molecule has 0 radical (unpaired) electrons. The molecule has 0 unspecified atom stereocenters. The van der Waals surface area contributed by atoms with Gasteiger partial charge in [0.05, 0.1) is 0 Å². The van der Waals surface area contributed by atoms with Gasteiger partial charge in [0, 0.05) is 0 Å². The van der Waals surface area contributed by atoms with E-state index in [1.54, 1.807) is 11.1 Å². The molecule has 220 valence electrons. The van der Waals surface area contributed by atoms with Crippen LogP contribution in [0.1, 0.15) is 144 Å². The Morgan fingerprint density at radius 1 is 0.439 bits per heavy atom. The van der Waals surface area contributed by atoms with E-state index in [0.717, 1.165) is 36.5 Å².